The van der Waals surface area contributed by atoms with Gasteiger partial charge in [0, 0.05) is 28.9 Å². The van der Waals surface area contributed by atoms with Crippen LogP contribution in [0.25, 0.3) is 21.8 Å². The van der Waals surface area contributed by atoms with Gasteiger partial charge >= 0.3 is 0 Å². The lowest BCUT2D eigenvalue weighted by molar-refractivity contribution is 0.475. The third-order valence-electron chi connectivity index (χ3n) is 2.55. The second-order valence-corrected chi connectivity index (χ2v) is 4.69. The zero-order valence-electron chi connectivity index (χ0n) is 9.45. The number of thiazole rings is 1. The maximum atomic E-state index is 9.46. The van der Waals surface area contributed by atoms with Gasteiger partial charge in [-0.3, -0.25) is 4.98 Å². The Hall–Kier alpha value is -2.20. The first-order chi connectivity index (χ1) is 8.83. The lowest BCUT2D eigenvalue weighted by Crippen LogP contribution is -1.80. The molecule has 0 unspecified atom stereocenters. The van der Waals surface area contributed by atoms with Crippen LogP contribution in [0.15, 0.2) is 54.2 Å². The molecule has 0 saturated heterocycles. The Balaban J connectivity index is 2.00. The zero-order chi connectivity index (χ0) is 12.4. The van der Waals surface area contributed by atoms with Crippen LogP contribution in [0.5, 0.6) is 5.75 Å². The Morgan fingerprint density at radius 1 is 1.06 bits per heavy atom. The molecule has 0 aliphatic rings. The third kappa shape index (κ3) is 2.10. The summed E-state index contributed by atoms with van der Waals surface area (Å²) in [6, 6.07) is 11.0. The van der Waals surface area contributed by atoms with Crippen molar-refractivity contribution in [3.63, 3.8) is 0 Å². The van der Waals surface area contributed by atoms with Crippen LogP contribution < -0.4 is 0 Å². The second-order valence-electron chi connectivity index (χ2n) is 3.83. The molecule has 4 heteroatoms. The minimum absolute atomic E-state index is 0.253. The van der Waals surface area contributed by atoms with E-state index in [0.717, 1.165) is 21.8 Å². The van der Waals surface area contributed by atoms with Crippen LogP contribution in [0.3, 0.4) is 0 Å². The van der Waals surface area contributed by atoms with Gasteiger partial charge in [-0.25, -0.2) is 4.98 Å². The van der Waals surface area contributed by atoms with Crippen LogP contribution in [0.1, 0.15) is 0 Å². The van der Waals surface area contributed by atoms with E-state index in [1.165, 1.54) is 0 Å². The first kappa shape index (κ1) is 10.9. The van der Waals surface area contributed by atoms with Crippen molar-refractivity contribution in [1.82, 2.24) is 9.97 Å². The molecule has 88 valence electrons. The van der Waals surface area contributed by atoms with E-state index in [-0.39, 0.29) is 5.75 Å². The van der Waals surface area contributed by atoms with Gasteiger partial charge in [-0.15, -0.1) is 11.3 Å². The van der Waals surface area contributed by atoms with Crippen LogP contribution in [0, 0.1) is 0 Å². The van der Waals surface area contributed by atoms with E-state index in [9.17, 15) is 5.11 Å². The molecule has 0 radical (unpaired) electrons. The molecule has 2 aromatic heterocycles. The molecule has 1 N–H and O–H groups in total. The van der Waals surface area contributed by atoms with Gasteiger partial charge in [0.2, 0.25) is 0 Å². The lowest BCUT2D eigenvalue weighted by atomic mass is 10.2. The van der Waals surface area contributed by atoms with Gasteiger partial charge < -0.3 is 5.11 Å². The minimum atomic E-state index is 0.253. The van der Waals surface area contributed by atoms with Crippen molar-refractivity contribution in [3.05, 3.63) is 54.2 Å². The molecule has 0 spiro atoms. The Morgan fingerprint density at radius 2 is 1.94 bits per heavy atom. The summed E-state index contributed by atoms with van der Waals surface area (Å²) in [6.07, 6.45) is 3.54. The lowest BCUT2D eigenvalue weighted by Gasteiger charge is -1.97. The monoisotopic (exact) mass is 254 g/mol. The number of benzene rings is 1. The molecule has 0 amide bonds. The number of aromatic nitrogens is 2. The Kier molecular flexibility index (Phi) is 2.78. The summed E-state index contributed by atoms with van der Waals surface area (Å²) >= 11 is 1.57. The summed E-state index contributed by atoms with van der Waals surface area (Å²) in [7, 11) is 0. The summed E-state index contributed by atoms with van der Waals surface area (Å²) in [5.41, 5.74) is 2.80. The van der Waals surface area contributed by atoms with Crippen molar-refractivity contribution in [3.8, 4) is 27.6 Å². The second kappa shape index (κ2) is 4.58. The smallest absolute Gasteiger partial charge is 0.125 e. The number of pyridine rings is 1. The molecule has 0 fully saturated rings. The molecule has 2 heterocycles. The van der Waals surface area contributed by atoms with Crippen LogP contribution in [0.4, 0.5) is 0 Å². The van der Waals surface area contributed by atoms with Gasteiger partial charge in [0.1, 0.15) is 10.8 Å². The van der Waals surface area contributed by atoms with E-state index in [2.05, 4.69) is 9.97 Å². The summed E-state index contributed by atoms with van der Waals surface area (Å²) in [4.78, 5) is 8.64. The molecule has 0 aliphatic carbocycles. The number of hydrogen-bond acceptors (Lipinski definition) is 4. The van der Waals surface area contributed by atoms with Crippen molar-refractivity contribution in [2.24, 2.45) is 0 Å². The minimum Gasteiger partial charge on any atom is -0.508 e. The summed E-state index contributed by atoms with van der Waals surface area (Å²) in [6.45, 7) is 0. The fourth-order valence-electron chi connectivity index (χ4n) is 1.69. The van der Waals surface area contributed by atoms with E-state index in [1.807, 2.05) is 29.6 Å². The number of phenolic OH excluding ortho intramolecular Hbond substituents is 1. The summed E-state index contributed by atoms with van der Waals surface area (Å²) in [5.74, 6) is 0.253. The van der Waals surface area contributed by atoms with Crippen LogP contribution in [-0.2, 0) is 0 Å². The average molecular weight is 254 g/mol. The van der Waals surface area contributed by atoms with Gasteiger partial charge in [-0.2, -0.15) is 0 Å². The zero-order valence-corrected chi connectivity index (χ0v) is 10.3. The van der Waals surface area contributed by atoms with Gasteiger partial charge in [0.05, 0.1) is 5.69 Å². The first-order valence-corrected chi connectivity index (χ1v) is 6.36. The molecule has 0 aliphatic heterocycles. The van der Waals surface area contributed by atoms with E-state index in [1.54, 1.807) is 35.9 Å². The fraction of sp³-hybridized carbons (Fsp3) is 0. The molecular weight excluding hydrogens is 244 g/mol. The molecule has 0 saturated carbocycles. The predicted molar refractivity (Wildman–Crippen MR) is 72.4 cm³/mol. The molecular formula is C14H10N2OS. The van der Waals surface area contributed by atoms with E-state index < -0.39 is 0 Å². The highest BCUT2D eigenvalue weighted by molar-refractivity contribution is 7.13. The number of hydrogen-bond donors (Lipinski definition) is 1. The molecule has 3 nitrogen and oxygen atoms in total. The quantitative estimate of drug-likeness (QED) is 0.760. The molecule has 3 rings (SSSR count). The van der Waals surface area contributed by atoms with Gasteiger partial charge in [0.25, 0.3) is 0 Å². The van der Waals surface area contributed by atoms with Crippen molar-refractivity contribution in [2.45, 2.75) is 0 Å². The van der Waals surface area contributed by atoms with Crippen molar-refractivity contribution in [1.29, 1.82) is 0 Å². The third-order valence-corrected chi connectivity index (χ3v) is 3.45. The normalized spacial score (nSPS) is 10.4. The van der Waals surface area contributed by atoms with Crippen molar-refractivity contribution < 1.29 is 5.11 Å². The van der Waals surface area contributed by atoms with Crippen LogP contribution >= 0.6 is 11.3 Å². The Labute approximate surface area is 108 Å². The molecule has 1 aromatic carbocycles. The van der Waals surface area contributed by atoms with E-state index >= 15 is 0 Å². The maximum absolute atomic E-state index is 9.46. The highest BCUT2D eigenvalue weighted by atomic mass is 32.1. The summed E-state index contributed by atoms with van der Waals surface area (Å²) < 4.78 is 0. The number of phenols is 1. The van der Waals surface area contributed by atoms with Gasteiger partial charge in [-0.1, -0.05) is 12.1 Å². The Bertz CT molecular complexity index is 664. The number of rotatable bonds is 2. The number of aromatic hydroxyl groups is 1. The van der Waals surface area contributed by atoms with Crippen molar-refractivity contribution in [2.75, 3.05) is 0 Å². The van der Waals surface area contributed by atoms with E-state index in [4.69, 9.17) is 0 Å². The number of nitrogens with zero attached hydrogens (tertiary/aromatic N) is 2. The predicted octanol–water partition coefficient (Wildman–Crippen LogP) is 3.58. The van der Waals surface area contributed by atoms with Gasteiger partial charge in [-0.05, 0) is 24.3 Å². The largest absolute Gasteiger partial charge is 0.508 e. The first-order valence-electron chi connectivity index (χ1n) is 5.48. The standard InChI is InChI=1S/C14H10N2OS/c17-12-5-1-3-10(7-12)13-9-18-14(16-13)11-4-2-6-15-8-11/h1-9,17H. The fourth-order valence-corrected chi connectivity index (χ4v) is 2.51. The molecule has 18 heavy (non-hydrogen) atoms. The van der Waals surface area contributed by atoms with Gasteiger partial charge in [0.15, 0.2) is 0 Å². The maximum Gasteiger partial charge on any atom is 0.125 e. The topological polar surface area (TPSA) is 46.0 Å². The summed E-state index contributed by atoms with van der Waals surface area (Å²) in [5, 5.41) is 12.4. The molecule has 0 atom stereocenters. The van der Waals surface area contributed by atoms with E-state index in [0.29, 0.717) is 0 Å². The van der Waals surface area contributed by atoms with Crippen LogP contribution in [0.2, 0.25) is 0 Å². The van der Waals surface area contributed by atoms with Crippen molar-refractivity contribution >= 4 is 11.3 Å². The van der Waals surface area contributed by atoms with Crippen LogP contribution in [-0.4, -0.2) is 15.1 Å². The Morgan fingerprint density at radius 3 is 2.72 bits per heavy atom. The molecule has 3 aromatic rings. The highest BCUT2D eigenvalue weighted by Crippen LogP contribution is 2.29. The molecule has 0 bridgehead atoms. The highest BCUT2D eigenvalue weighted by Gasteiger charge is 2.06. The SMILES string of the molecule is Oc1cccc(-c2csc(-c3cccnc3)n2)c1. The average Bonchev–Trinajstić information content (AvgIpc) is 2.89.